The van der Waals surface area contributed by atoms with E-state index < -0.39 is 120 Å². The molecule has 4 fully saturated rings. The summed E-state index contributed by atoms with van der Waals surface area (Å²) in [7, 11) is 5.31. The topological polar surface area (TPSA) is 206 Å². The van der Waals surface area contributed by atoms with Crippen LogP contribution in [0.25, 0.3) is 17.0 Å². The van der Waals surface area contributed by atoms with E-state index in [9.17, 15) is 24.0 Å². The standard InChI is InChI=1S/C54H79N3O15/c1-16-41-54(12)46(56-51(62)72-54)31(4)43(60)29(2)26-53(11,64-23-19-20-37-25-38-21-17-18-22-39(38)55-28-37)47(71-50-45(67-35(8)58)40(57(13)14)24-30(3)65-50)32(5)44(33(6)49(61)69-41)70-42-27-52(10,63-15)48(34(7)66-42)68-36(9)59/h17-22,25,28-34,40-42,44-48,50H,16,23-24,26-27H2,1-15H3,(H,56,62)/b20-19+/t29-,30-,31+,32+,33-,34+,40+,41-,42+,44+,45-,46-,47-,48+,50+,52-,53-,54-/m1/s1. The van der Waals surface area contributed by atoms with E-state index in [0.29, 0.717) is 6.42 Å². The molecule has 4 aliphatic rings. The number of alkyl carbamates (subject to hydrolysis) is 1. The van der Waals surface area contributed by atoms with Crippen molar-refractivity contribution in [2.24, 2.45) is 23.7 Å². The molecule has 72 heavy (non-hydrogen) atoms. The van der Waals surface area contributed by atoms with Crippen LogP contribution in [0.2, 0.25) is 0 Å². The molecule has 18 nitrogen and oxygen atoms in total. The van der Waals surface area contributed by atoms with Crippen molar-refractivity contribution in [3.05, 3.63) is 48.2 Å². The summed E-state index contributed by atoms with van der Waals surface area (Å²) in [6.07, 6.45) is -2.46. The SMILES string of the molecule is CC[C@H]1OC(=O)[C@H](C)[C@@H](O[C@H]2C[C@@](C)(OC)[C@@H](OC(C)=O)[C@H](C)O2)[C@H](C)[C@@H](O[C@@H]2O[C@H](C)C[C@H](N(C)C)[C@H]2OC(C)=O)[C@](C)(OC/C=C/c2cnc3ccccc3c2)C[C@@H](C)C(=O)[C@H](C)[C@H]2NC(=O)O[C@@]21C. The Balaban J connectivity index is 1.52. The number of nitrogens with zero attached hydrogens (tertiary/aromatic N) is 2. The summed E-state index contributed by atoms with van der Waals surface area (Å²) in [6.45, 7) is 20.6. The Bertz CT molecular complexity index is 2280. The molecule has 1 N–H and O–H groups in total. The predicted molar refractivity (Wildman–Crippen MR) is 265 cm³/mol. The van der Waals surface area contributed by atoms with Crippen molar-refractivity contribution in [3.63, 3.8) is 0 Å². The molecule has 4 aliphatic heterocycles. The highest BCUT2D eigenvalue weighted by molar-refractivity contribution is 5.85. The normalized spacial score (nSPS) is 39.2. The number of Topliss-reactive ketones (excluding diaryl/α,β-unsaturated/α-hetero) is 1. The molecule has 0 bridgehead atoms. The average Bonchev–Trinajstić information content (AvgIpc) is 3.64. The summed E-state index contributed by atoms with van der Waals surface area (Å²) in [4.78, 5) is 75.0. The molecule has 0 spiro atoms. The van der Waals surface area contributed by atoms with Gasteiger partial charge in [-0.3, -0.25) is 24.2 Å². The quantitative estimate of drug-likeness (QED) is 0.159. The Hall–Kier alpha value is -4.56. The van der Waals surface area contributed by atoms with Crippen LogP contribution in [0.1, 0.15) is 114 Å². The maximum absolute atomic E-state index is 15.0. The number of rotatable bonds is 13. The predicted octanol–water partition coefficient (Wildman–Crippen LogP) is 6.97. The Kier molecular flexibility index (Phi) is 18.4. The van der Waals surface area contributed by atoms with Crippen LogP contribution in [0.4, 0.5) is 4.79 Å². The molecule has 1 aromatic heterocycles. The van der Waals surface area contributed by atoms with Crippen molar-refractivity contribution >= 4 is 46.8 Å². The van der Waals surface area contributed by atoms with Crippen LogP contribution in [0.3, 0.4) is 0 Å². The Morgan fingerprint density at radius 1 is 0.889 bits per heavy atom. The number of nitrogens with one attached hydrogen (secondary N) is 1. The minimum Gasteiger partial charge on any atom is -0.458 e. The maximum atomic E-state index is 15.0. The largest absolute Gasteiger partial charge is 0.458 e. The number of amides is 1. The van der Waals surface area contributed by atoms with E-state index in [1.165, 1.54) is 21.0 Å². The minimum atomic E-state index is -1.44. The molecule has 6 rings (SSSR count). The molecule has 400 valence electrons. The maximum Gasteiger partial charge on any atom is 0.408 e. The van der Waals surface area contributed by atoms with Gasteiger partial charge in [0.15, 0.2) is 30.4 Å². The third kappa shape index (κ3) is 12.5. The number of likely N-dealkylation sites (N-methyl/N-ethyl adjacent to an activating group) is 1. The molecular weight excluding hydrogens is 931 g/mol. The number of hydrogen-bond donors (Lipinski definition) is 1. The van der Waals surface area contributed by atoms with Gasteiger partial charge in [-0.25, -0.2) is 4.79 Å². The number of aromatic nitrogens is 1. The number of esters is 3. The zero-order valence-electron chi connectivity index (χ0n) is 44.8. The van der Waals surface area contributed by atoms with Crippen LogP contribution in [0.5, 0.6) is 0 Å². The zero-order chi connectivity index (χ0) is 53.0. The molecule has 5 heterocycles. The second kappa shape index (κ2) is 23.3. The van der Waals surface area contributed by atoms with E-state index in [1.807, 2.05) is 96.1 Å². The fourth-order valence-electron chi connectivity index (χ4n) is 11.6. The summed E-state index contributed by atoms with van der Waals surface area (Å²) in [5.41, 5.74) is -2.24. The number of benzene rings is 1. The lowest BCUT2D eigenvalue weighted by Crippen LogP contribution is -2.62. The fourth-order valence-corrected chi connectivity index (χ4v) is 11.6. The van der Waals surface area contributed by atoms with Crippen molar-refractivity contribution in [1.82, 2.24) is 15.2 Å². The van der Waals surface area contributed by atoms with Gasteiger partial charge in [-0.05, 0) is 92.6 Å². The third-order valence-electron chi connectivity index (χ3n) is 15.4. The number of cyclic esters (lactones) is 1. The first-order valence-electron chi connectivity index (χ1n) is 25.4. The van der Waals surface area contributed by atoms with E-state index in [1.54, 1.807) is 40.8 Å². The second-order valence-electron chi connectivity index (χ2n) is 21.3. The van der Waals surface area contributed by atoms with Gasteiger partial charge in [0.1, 0.15) is 17.5 Å². The molecule has 18 heteroatoms. The van der Waals surface area contributed by atoms with Gasteiger partial charge >= 0.3 is 24.0 Å². The van der Waals surface area contributed by atoms with Crippen molar-refractivity contribution in [3.8, 4) is 0 Å². The zero-order valence-corrected chi connectivity index (χ0v) is 44.8. The van der Waals surface area contributed by atoms with Gasteiger partial charge in [-0.2, -0.15) is 0 Å². The number of carbonyl (C=O) groups excluding carboxylic acids is 5. The van der Waals surface area contributed by atoms with Crippen molar-refractivity contribution in [2.45, 2.75) is 193 Å². The van der Waals surface area contributed by atoms with Crippen LogP contribution in [-0.4, -0.2) is 152 Å². The summed E-state index contributed by atoms with van der Waals surface area (Å²) in [6, 6.07) is 8.64. The van der Waals surface area contributed by atoms with Crippen LogP contribution >= 0.6 is 0 Å². The molecule has 0 aliphatic carbocycles. The minimum absolute atomic E-state index is 0.0286. The number of para-hydroxylation sites is 1. The fraction of sp³-hybridized carbons (Fsp3) is 0.704. The van der Waals surface area contributed by atoms with Gasteiger partial charge < -0.3 is 57.6 Å². The van der Waals surface area contributed by atoms with E-state index in [0.717, 1.165) is 16.5 Å². The highest BCUT2D eigenvalue weighted by Crippen LogP contribution is 2.44. The molecule has 0 radical (unpaired) electrons. The average molecular weight is 1010 g/mol. The van der Waals surface area contributed by atoms with Gasteiger partial charge in [-0.1, -0.05) is 58.0 Å². The summed E-state index contributed by atoms with van der Waals surface area (Å²) < 4.78 is 64.8. The summed E-state index contributed by atoms with van der Waals surface area (Å²) >= 11 is 0. The molecule has 4 saturated heterocycles. The van der Waals surface area contributed by atoms with Gasteiger partial charge in [0, 0.05) is 56.7 Å². The lowest BCUT2D eigenvalue weighted by atomic mass is 9.73. The molecule has 18 atom stereocenters. The first-order chi connectivity index (χ1) is 33.8. The number of ether oxygens (including phenoxy) is 10. The third-order valence-corrected chi connectivity index (χ3v) is 15.4. The molecule has 0 unspecified atom stereocenters. The van der Waals surface area contributed by atoms with E-state index in [4.69, 9.17) is 47.4 Å². The van der Waals surface area contributed by atoms with Gasteiger partial charge in [0.25, 0.3) is 0 Å². The lowest BCUT2D eigenvalue weighted by Gasteiger charge is -2.50. The smallest absolute Gasteiger partial charge is 0.408 e. The Morgan fingerprint density at radius 2 is 1.58 bits per heavy atom. The number of pyridine rings is 1. The van der Waals surface area contributed by atoms with E-state index in [2.05, 4.69) is 10.3 Å². The number of methoxy groups -OCH3 is 1. The molecule has 0 saturated carbocycles. The molecule has 2 aromatic rings. The van der Waals surface area contributed by atoms with Crippen LogP contribution < -0.4 is 5.32 Å². The van der Waals surface area contributed by atoms with Gasteiger partial charge in [0.2, 0.25) is 0 Å². The lowest BCUT2D eigenvalue weighted by molar-refractivity contribution is -0.321. The summed E-state index contributed by atoms with van der Waals surface area (Å²) in [5.74, 6) is -5.36. The van der Waals surface area contributed by atoms with Crippen molar-refractivity contribution in [1.29, 1.82) is 0 Å². The summed E-state index contributed by atoms with van der Waals surface area (Å²) in [5, 5.41) is 3.84. The molecule has 1 amide bonds. The first kappa shape index (κ1) is 56.7. The van der Waals surface area contributed by atoms with Crippen molar-refractivity contribution < 1.29 is 71.3 Å². The molecular formula is C54H79N3O15. The van der Waals surface area contributed by atoms with Gasteiger partial charge in [-0.15, -0.1) is 0 Å². The second-order valence-corrected chi connectivity index (χ2v) is 21.3. The number of fused-ring (bicyclic) bond motifs is 2. The highest BCUT2D eigenvalue weighted by Gasteiger charge is 2.58. The molecule has 1 aromatic carbocycles. The monoisotopic (exact) mass is 1010 g/mol. The number of hydrogen-bond acceptors (Lipinski definition) is 17. The number of carbonyl (C=O) groups is 5. The van der Waals surface area contributed by atoms with E-state index in [-0.39, 0.29) is 43.8 Å². The Labute approximate surface area is 424 Å². The Morgan fingerprint density at radius 3 is 2.24 bits per heavy atom. The van der Waals surface area contributed by atoms with Crippen LogP contribution in [0, 0.1) is 23.7 Å². The van der Waals surface area contributed by atoms with Gasteiger partial charge in [0.05, 0.1) is 60.1 Å². The van der Waals surface area contributed by atoms with E-state index >= 15 is 0 Å². The highest BCUT2D eigenvalue weighted by atomic mass is 16.7. The van der Waals surface area contributed by atoms with Crippen LogP contribution in [-0.2, 0) is 66.5 Å². The number of ketones is 1. The first-order valence-corrected chi connectivity index (χ1v) is 25.4. The van der Waals surface area contributed by atoms with Crippen LogP contribution in [0.15, 0.2) is 42.6 Å². The van der Waals surface area contributed by atoms with Crippen molar-refractivity contribution in [2.75, 3.05) is 27.8 Å².